The first-order valence-electron chi connectivity index (χ1n) is 10.3. The van der Waals surface area contributed by atoms with E-state index >= 15 is 0 Å². The monoisotopic (exact) mass is 384 g/mol. The first-order chi connectivity index (χ1) is 13.6. The van der Waals surface area contributed by atoms with Crippen LogP contribution in [-0.2, 0) is 0 Å². The van der Waals surface area contributed by atoms with Crippen molar-refractivity contribution < 1.29 is 4.79 Å². The first-order valence-corrected chi connectivity index (χ1v) is 10.3. The molecule has 1 saturated carbocycles. The fraction of sp³-hybridized carbons (Fsp3) is 0.684. The van der Waals surface area contributed by atoms with Crippen LogP contribution < -0.4 is 10.2 Å². The number of likely N-dealkylation sites (tertiary alicyclic amines) is 1. The van der Waals surface area contributed by atoms with E-state index in [-0.39, 0.29) is 18.1 Å². The van der Waals surface area contributed by atoms with Gasteiger partial charge in [0.1, 0.15) is 6.33 Å². The number of urea groups is 1. The third-order valence-corrected chi connectivity index (χ3v) is 6.40. The minimum absolute atomic E-state index is 0.0645. The first kappa shape index (κ1) is 17.7. The molecule has 2 aromatic heterocycles. The van der Waals surface area contributed by atoms with Crippen molar-refractivity contribution in [3.8, 4) is 0 Å². The molecule has 1 aliphatic carbocycles. The Morgan fingerprint density at radius 1 is 1.18 bits per heavy atom. The zero-order valence-electron chi connectivity index (χ0n) is 16.5. The summed E-state index contributed by atoms with van der Waals surface area (Å²) in [5.41, 5.74) is 0.757. The third-order valence-electron chi connectivity index (χ3n) is 6.40. The number of carbonyl (C=O) groups is 1. The van der Waals surface area contributed by atoms with Gasteiger partial charge in [0.2, 0.25) is 5.65 Å². The van der Waals surface area contributed by atoms with Crippen LogP contribution in [0.5, 0.6) is 0 Å². The number of hydrogen-bond acceptors (Lipinski definition) is 6. The van der Waals surface area contributed by atoms with Gasteiger partial charge >= 0.3 is 6.03 Å². The molecule has 2 saturated heterocycles. The number of hydrogen-bond donors (Lipinski definition) is 1. The maximum absolute atomic E-state index is 12.9. The summed E-state index contributed by atoms with van der Waals surface area (Å²) in [7, 11) is 0. The van der Waals surface area contributed by atoms with Crippen LogP contribution in [0, 0.1) is 5.92 Å². The topological polar surface area (TPSA) is 81.9 Å². The lowest BCUT2D eigenvalue weighted by Gasteiger charge is -2.40. The molecule has 1 N–H and O–H groups in total. The van der Waals surface area contributed by atoms with Gasteiger partial charge in [-0.25, -0.2) is 9.78 Å². The van der Waals surface area contributed by atoms with E-state index in [9.17, 15) is 4.79 Å². The summed E-state index contributed by atoms with van der Waals surface area (Å²) in [6.07, 6.45) is 7.94. The maximum atomic E-state index is 12.9. The molecule has 3 atom stereocenters. The van der Waals surface area contributed by atoms with E-state index in [1.165, 1.54) is 12.8 Å². The van der Waals surface area contributed by atoms with Crippen LogP contribution in [0.15, 0.2) is 18.7 Å². The molecule has 9 heteroatoms. The van der Waals surface area contributed by atoms with Crippen LogP contribution in [0.1, 0.15) is 26.7 Å². The van der Waals surface area contributed by atoms with Crippen LogP contribution >= 0.6 is 0 Å². The molecular weight excluding hydrogens is 356 g/mol. The van der Waals surface area contributed by atoms with Gasteiger partial charge in [0.05, 0.1) is 0 Å². The molecule has 28 heavy (non-hydrogen) atoms. The van der Waals surface area contributed by atoms with E-state index in [1.807, 2.05) is 15.5 Å². The van der Waals surface area contributed by atoms with Gasteiger partial charge in [-0.2, -0.15) is 0 Å². The Bertz CT molecular complexity index is 864. The van der Waals surface area contributed by atoms with Crippen molar-refractivity contribution in [3.63, 3.8) is 0 Å². The van der Waals surface area contributed by atoms with Gasteiger partial charge in [0, 0.05) is 63.2 Å². The highest BCUT2D eigenvalue weighted by atomic mass is 16.2. The normalized spacial score (nSPS) is 28.9. The number of anilines is 1. The van der Waals surface area contributed by atoms with Gasteiger partial charge in [0.25, 0.3) is 0 Å². The average Bonchev–Trinajstić information content (AvgIpc) is 3.31. The van der Waals surface area contributed by atoms with E-state index in [2.05, 4.69) is 44.1 Å². The number of nitrogens with one attached hydrogen (secondary N) is 1. The zero-order valence-corrected chi connectivity index (χ0v) is 16.5. The third kappa shape index (κ3) is 3.17. The molecular formula is C19H28N8O. The van der Waals surface area contributed by atoms with Crippen molar-refractivity contribution in [2.45, 2.75) is 44.8 Å². The molecule has 3 unspecified atom stereocenters. The fourth-order valence-electron chi connectivity index (χ4n) is 4.58. The van der Waals surface area contributed by atoms with Gasteiger partial charge in [-0.05, 0) is 25.7 Å². The molecule has 0 radical (unpaired) electrons. The summed E-state index contributed by atoms with van der Waals surface area (Å²) in [6.45, 7) is 8.58. The zero-order chi connectivity index (χ0) is 19.3. The van der Waals surface area contributed by atoms with Crippen molar-refractivity contribution in [3.05, 3.63) is 18.7 Å². The Labute approximate surface area is 164 Å². The predicted molar refractivity (Wildman–Crippen MR) is 105 cm³/mol. The molecule has 2 amide bonds. The Hall–Kier alpha value is -2.42. The number of carbonyl (C=O) groups excluding carboxylic acids is 1. The van der Waals surface area contributed by atoms with E-state index in [1.54, 1.807) is 12.5 Å². The standard InChI is InChI=1S/C19H28N8O/c1-13-9-26(15-3-4-15)11-16(13)22-19(28)24-7-8-27(14(2)10-24)17-18-23-21-12-25(18)6-5-20-17/h5-6,12-16H,3-4,7-11H2,1-2H3,(H,22,28). The largest absolute Gasteiger partial charge is 0.347 e. The molecule has 2 aromatic rings. The summed E-state index contributed by atoms with van der Waals surface area (Å²) < 4.78 is 1.88. The van der Waals surface area contributed by atoms with Crippen LogP contribution in [0.2, 0.25) is 0 Å². The maximum Gasteiger partial charge on any atom is 0.317 e. The molecule has 3 aliphatic rings. The van der Waals surface area contributed by atoms with E-state index in [0.29, 0.717) is 19.0 Å². The second-order valence-corrected chi connectivity index (χ2v) is 8.52. The highest BCUT2D eigenvalue weighted by Crippen LogP contribution is 2.32. The summed E-state index contributed by atoms with van der Waals surface area (Å²) in [6, 6.07) is 1.25. The molecule has 2 aliphatic heterocycles. The van der Waals surface area contributed by atoms with Crippen molar-refractivity contribution in [1.82, 2.24) is 34.7 Å². The highest BCUT2D eigenvalue weighted by Gasteiger charge is 2.39. The van der Waals surface area contributed by atoms with E-state index in [0.717, 1.165) is 37.1 Å². The predicted octanol–water partition coefficient (Wildman–Crippen LogP) is 0.827. The minimum atomic E-state index is 0.0645. The second-order valence-electron chi connectivity index (χ2n) is 8.52. The number of fused-ring (bicyclic) bond motifs is 1. The Morgan fingerprint density at radius 2 is 2.04 bits per heavy atom. The number of aromatic nitrogens is 4. The van der Waals surface area contributed by atoms with Gasteiger partial charge in [0.15, 0.2) is 5.82 Å². The average molecular weight is 384 g/mol. The van der Waals surface area contributed by atoms with Gasteiger partial charge in [-0.15, -0.1) is 10.2 Å². The van der Waals surface area contributed by atoms with Crippen molar-refractivity contribution >= 4 is 17.5 Å². The van der Waals surface area contributed by atoms with Crippen LogP contribution in [0.4, 0.5) is 10.6 Å². The Morgan fingerprint density at radius 3 is 2.82 bits per heavy atom. The summed E-state index contributed by atoms with van der Waals surface area (Å²) >= 11 is 0. The van der Waals surface area contributed by atoms with Crippen LogP contribution in [-0.4, -0.2) is 86.3 Å². The van der Waals surface area contributed by atoms with Crippen molar-refractivity contribution in [1.29, 1.82) is 0 Å². The van der Waals surface area contributed by atoms with Crippen LogP contribution in [0.3, 0.4) is 0 Å². The SMILES string of the molecule is CC1CN(C2CC2)CC1NC(=O)N1CCN(c2nccn3cnnc23)C(C)C1. The van der Waals surface area contributed by atoms with E-state index < -0.39 is 0 Å². The highest BCUT2D eigenvalue weighted by molar-refractivity contribution is 5.75. The summed E-state index contributed by atoms with van der Waals surface area (Å²) in [4.78, 5) is 24.1. The van der Waals surface area contributed by atoms with E-state index in [4.69, 9.17) is 0 Å². The molecule has 150 valence electrons. The molecule has 0 aromatic carbocycles. The van der Waals surface area contributed by atoms with Gasteiger partial charge in [-0.1, -0.05) is 6.92 Å². The molecule has 0 bridgehead atoms. The number of rotatable bonds is 3. The summed E-state index contributed by atoms with van der Waals surface area (Å²) in [5.74, 6) is 1.34. The lowest BCUT2D eigenvalue weighted by molar-refractivity contribution is 0.180. The van der Waals surface area contributed by atoms with Crippen molar-refractivity contribution in [2.75, 3.05) is 37.6 Å². The smallest absolute Gasteiger partial charge is 0.317 e. The van der Waals surface area contributed by atoms with Crippen molar-refractivity contribution in [2.24, 2.45) is 5.92 Å². The quantitative estimate of drug-likeness (QED) is 0.844. The molecule has 0 spiro atoms. The number of amides is 2. The molecule has 4 heterocycles. The number of piperazine rings is 1. The molecule has 9 nitrogen and oxygen atoms in total. The second kappa shape index (κ2) is 6.88. The molecule has 3 fully saturated rings. The Kier molecular flexibility index (Phi) is 4.34. The van der Waals surface area contributed by atoms with Crippen LogP contribution in [0.25, 0.3) is 5.65 Å². The molecule has 5 rings (SSSR count). The lowest BCUT2D eigenvalue weighted by atomic mass is 10.1. The minimum Gasteiger partial charge on any atom is -0.347 e. The summed E-state index contributed by atoms with van der Waals surface area (Å²) in [5, 5.41) is 11.5. The van der Waals surface area contributed by atoms with Gasteiger partial charge < -0.3 is 15.1 Å². The number of nitrogens with zero attached hydrogens (tertiary/aromatic N) is 7. The lowest BCUT2D eigenvalue weighted by Crippen LogP contribution is -2.58. The Balaban J connectivity index is 1.22. The van der Waals surface area contributed by atoms with Gasteiger partial charge in [-0.3, -0.25) is 9.30 Å². The fourth-order valence-corrected chi connectivity index (χ4v) is 4.58.